The standard InChI is InChI=1S/C20H22ClNO/c21-19-12-10-18(11-13-19)20(23)22-14-15-6-8-17(9-7-15)16-4-2-1-3-5-16/h1-5,10-13,15,17H,6-9,14H2,(H,22,23). The van der Waals surface area contributed by atoms with Gasteiger partial charge in [-0.3, -0.25) is 4.79 Å². The molecule has 0 aromatic heterocycles. The molecular weight excluding hydrogens is 306 g/mol. The van der Waals surface area contributed by atoms with Crippen molar-refractivity contribution in [3.63, 3.8) is 0 Å². The van der Waals surface area contributed by atoms with Crippen molar-refractivity contribution >= 4 is 17.5 Å². The van der Waals surface area contributed by atoms with Gasteiger partial charge in [-0.05, 0) is 67.3 Å². The first-order valence-electron chi connectivity index (χ1n) is 8.31. The number of halogens is 1. The highest BCUT2D eigenvalue weighted by atomic mass is 35.5. The molecule has 1 aliphatic rings. The maximum Gasteiger partial charge on any atom is 0.251 e. The van der Waals surface area contributed by atoms with E-state index in [0.717, 1.165) is 6.54 Å². The normalized spacial score (nSPS) is 20.9. The van der Waals surface area contributed by atoms with E-state index in [9.17, 15) is 4.79 Å². The second kappa shape index (κ2) is 7.65. The molecule has 1 aliphatic carbocycles. The minimum Gasteiger partial charge on any atom is -0.352 e. The Balaban J connectivity index is 1.46. The molecule has 1 amide bonds. The van der Waals surface area contributed by atoms with Crippen molar-refractivity contribution < 1.29 is 4.79 Å². The molecule has 1 saturated carbocycles. The molecule has 2 aromatic rings. The molecule has 0 saturated heterocycles. The van der Waals surface area contributed by atoms with Gasteiger partial charge < -0.3 is 5.32 Å². The molecule has 1 N–H and O–H groups in total. The van der Waals surface area contributed by atoms with Crippen molar-refractivity contribution in [1.82, 2.24) is 5.32 Å². The summed E-state index contributed by atoms with van der Waals surface area (Å²) < 4.78 is 0. The highest BCUT2D eigenvalue weighted by Gasteiger charge is 2.22. The Morgan fingerprint density at radius 3 is 2.26 bits per heavy atom. The van der Waals surface area contributed by atoms with Gasteiger partial charge in [-0.1, -0.05) is 41.9 Å². The van der Waals surface area contributed by atoms with E-state index in [4.69, 9.17) is 11.6 Å². The summed E-state index contributed by atoms with van der Waals surface area (Å²) in [6, 6.07) is 17.8. The quantitative estimate of drug-likeness (QED) is 0.837. The monoisotopic (exact) mass is 327 g/mol. The summed E-state index contributed by atoms with van der Waals surface area (Å²) in [6.45, 7) is 0.767. The molecule has 2 aromatic carbocycles. The fourth-order valence-corrected chi connectivity index (χ4v) is 3.49. The van der Waals surface area contributed by atoms with E-state index in [2.05, 4.69) is 35.6 Å². The summed E-state index contributed by atoms with van der Waals surface area (Å²) in [5.74, 6) is 1.26. The van der Waals surface area contributed by atoms with Crippen molar-refractivity contribution in [2.45, 2.75) is 31.6 Å². The van der Waals surface area contributed by atoms with Crippen LogP contribution in [0.1, 0.15) is 47.5 Å². The maximum absolute atomic E-state index is 12.1. The van der Waals surface area contributed by atoms with E-state index < -0.39 is 0 Å². The van der Waals surface area contributed by atoms with Crippen molar-refractivity contribution in [3.8, 4) is 0 Å². The van der Waals surface area contributed by atoms with Gasteiger partial charge in [0.2, 0.25) is 0 Å². The zero-order chi connectivity index (χ0) is 16.1. The van der Waals surface area contributed by atoms with E-state index in [1.54, 1.807) is 24.3 Å². The van der Waals surface area contributed by atoms with Gasteiger partial charge in [-0.25, -0.2) is 0 Å². The van der Waals surface area contributed by atoms with Gasteiger partial charge >= 0.3 is 0 Å². The molecule has 3 rings (SSSR count). The van der Waals surface area contributed by atoms with Crippen LogP contribution in [0.5, 0.6) is 0 Å². The van der Waals surface area contributed by atoms with E-state index in [1.165, 1.54) is 31.2 Å². The summed E-state index contributed by atoms with van der Waals surface area (Å²) in [4.78, 5) is 12.1. The van der Waals surface area contributed by atoms with Crippen LogP contribution < -0.4 is 5.32 Å². The Bertz CT molecular complexity index is 630. The highest BCUT2D eigenvalue weighted by molar-refractivity contribution is 6.30. The molecule has 0 spiro atoms. The lowest BCUT2D eigenvalue weighted by Crippen LogP contribution is -2.31. The minimum absolute atomic E-state index is 0.00755. The summed E-state index contributed by atoms with van der Waals surface area (Å²) in [6.07, 6.45) is 4.79. The molecule has 23 heavy (non-hydrogen) atoms. The SMILES string of the molecule is O=C(NCC1CCC(c2ccccc2)CC1)c1ccc(Cl)cc1. The smallest absolute Gasteiger partial charge is 0.251 e. The summed E-state index contributed by atoms with van der Waals surface area (Å²) in [7, 11) is 0. The fourth-order valence-electron chi connectivity index (χ4n) is 3.37. The molecule has 3 heteroatoms. The van der Waals surface area contributed by atoms with Crippen molar-refractivity contribution in [2.24, 2.45) is 5.92 Å². The highest BCUT2D eigenvalue weighted by Crippen LogP contribution is 2.35. The first-order valence-corrected chi connectivity index (χ1v) is 8.69. The molecule has 0 unspecified atom stereocenters. The largest absolute Gasteiger partial charge is 0.352 e. The molecule has 1 fully saturated rings. The predicted molar refractivity (Wildman–Crippen MR) is 94.9 cm³/mol. The summed E-state index contributed by atoms with van der Waals surface area (Å²) in [5.41, 5.74) is 2.13. The van der Waals surface area contributed by atoms with E-state index in [0.29, 0.717) is 22.4 Å². The van der Waals surface area contributed by atoms with Crippen LogP contribution in [-0.4, -0.2) is 12.5 Å². The Morgan fingerprint density at radius 2 is 1.61 bits per heavy atom. The van der Waals surface area contributed by atoms with Crippen molar-refractivity contribution in [3.05, 3.63) is 70.7 Å². The average Bonchev–Trinajstić information content (AvgIpc) is 2.61. The van der Waals surface area contributed by atoms with Gasteiger partial charge in [-0.2, -0.15) is 0 Å². The third-order valence-corrected chi connectivity index (χ3v) is 5.03. The number of amides is 1. The van der Waals surface area contributed by atoms with Gasteiger partial charge in [0.1, 0.15) is 0 Å². The summed E-state index contributed by atoms with van der Waals surface area (Å²) in [5, 5.41) is 3.71. The van der Waals surface area contributed by atoms with Gasteiger partial charge in [0.15, 0.2) is 0 Å². The average molecular weight is 328 g/mol. The Morgan fingerprint density at radius 1 is 0.957 bits per heavy atom. The molecule has 0 radical (unpaired) electrons. The third kappa shape index (κ3) is 4.35. The maximum atomic E-state index is 12.1. The lowest BCUT2D eigenvalue weighted by molar-refractivity contribution is 0.0943. The van der Waals surface area contributed by atoms with Crippen molar-refractivity contribution in [2.75, 3.05) is 6.54 Å². The molecule has 0 bridgehead atoms. The topological polar surface area (TPSA) is 29.1 Å². The Labute approximate surface area is 142 Å². The van der Waals surface area contributed by atoms with Crippen LogP contribution in [0, 0.1) is 5.92 Å². The second-order valence-corrected chi connectivity index (χ2v) is 6.78. The van der Waals surface area contributed by atoms with Crippen LogP contribution in [0.4, 0.5) is 0 Å². The number of hydrogen-bond acceptors (Lipinski definition) is 1. The van der Waals surface area contributed by atoms with E-state index in [-0.39, 0.29) is 5.91 Å². The Hall–Kier alpha value is -1.80. The number of benzene rings is 2. The zero-order valence-corrected chi connectivity index (χ0v) is 13.9. The lowest BCUT2D eigenvalue weighted by Gasteiger charge is -2.29. The molecule has 0 heterocycles. The van der Waals surface area contributed by atoms with Crippen LogP contribution in [0.15, 0.2) is 54.6 Å². The van der Waals surface area contributed by atoms with Crippen LogP contribution in [0.25, 0.3) is 0 Å². The van der Waals surface area contributed by atoms with E-state index in [1.807, 2.05) is 0 Å². The molecular formula is C20H22ClNO. The molecule has 0 atom stereocenters. The number of carbonyl (C=O) groups is 1. The lowest BCUT2D eigenvalue weighted by atomic mass is 9.78. The fraction of sp³-hybridized carbons (Fsp3) is 0.350. The van der Waals surface area contributed by atoms with Crippen LogP contribution in [0.2, 0.25) is 5.02 Å². The zero-order valence-electron chi connectivity index (χ0n) is 13.2. The number of rotatable bonds is 4. The third-order valence-electron chi connectivity index (χ3n) is 4.78. The van der Waals surface area contributed by atoms with Gasteiger partial charge in [0.05, 0.1) is 0 Å². The minimum atomic E-state index is -0.00755. The number of carbonyl (C=O) groups excluding carboxylic acids is 1. The molecule has 0 aliphatic heterocycles. The molecule has 2 nitrogen and oxygen atoms in total. The van der Waals surface area contributed by atoms with E-state index >= 15 is 0 Å². The summed E-state index contributed by atoms with van der Waals surface area (Å²) >= 11 is 5.85. The van der Waals surface area contributed by atoms with Crippen LogP contribution in [0.3, 0.4) is 0 Å². The van der Waals surface area contributed by atoms with Crippen molar-refractivity contribution in [1.29, 1.82) is 0 Å². The molecule has 120 valence electrons. The number of nitrogens with one attached hydrogen (secondary N) is 1. The van der Waals surface area contributed by atoms with Gasteiger partial charge in [-0.15, -0.1) is 0 Å². The first kappa shape index (κ1) is 16.1. The predicted octanol–water partition coefficient (Wildman–Crippen LogP) is 5.04. The second-order valence-electron chi connectivity index (χ2n) is 6.35. The first-order chi connectivity index (χ1) is 11.2. The van der Waals surface area contributed by atoms with Gasteiger partial charge in [0.25, 0.3) is 5.91 Å². The van der Waals surface area contributed by atoms with Crippen LogP contribution >= 0.6 is 11.6 Å². The van der Waals surface area contributed by atoms with Gasteiger partial charge in [0, 0.05) is 17.1 Å². The van der Waals surface area contributed by atoms with Crippen LogP contribution in [-0.2, 0) is 0 Å². The Kier molecular flexibility index (Phi) is 5.35. The number of hydrogen-bond donors (Lipinski definition) is 1.